The lowest BCUT2D eigenvalue weighted by Crippen LogP contribution is -2.46. The maximum Gasteiger partial charge on any atom is 0.326 e. The molecule has 1 amide bonds. The van der Waals surface area contributed by atoms with E-state index in [0.29, 0.717) is 12.2 Å². The van der Waals surface area contributed by atoms with Crippen LogP contribution in [0, 0.1) is 5.92 Å². The Balaban J connectivity index is 1.68. The molecule has 0 radical (unpaired) electrons. The van der Waals surface area contributed by atoms with Crippen molar-refractivity contribution in [2.24, 2.45) is 5.92 Å². The van der Waals surface area contributed by atoms with Crippen molar-refractivity contribution < 1.29 is 19.5 Å². The minimum atomic E-state index is -1.08. The molecule has 0 bridgehead atoms. The summed E-state index contributed by atoms with van der Waals surface area (Å²) in [5.41, 5.74) is 2.87. The van der Waals surface area contributed by atoms with Crippen molar-refractivity contribution in [1.82, 2.24) is 5.32 Å². The van der Waals surface area contributed by atoms with Gasteiger partial charge in [-0.05, 0) is 34.6 Å². The summed E-state index contributed by atoms with van der Waals surface area (Å²) in [5, 5.41) is 14.3. The number of thioether (sulfide) groups is 1. The summed E-state index contributed by atoms with van der Waals surface area (Å²) < 4.78 is 0. The lowest BCUT2D eigenvalue weighted by atomic mass is 9.98. The van der Waals surface area contributed by atoms with E-state index < -0.39 is 17.9 Å². The number of benzene rings is 2. The number of hydrogen-bond donors (Lipinski definition) is 2. The van der Waals surface area contributed by atoms with Crippen LogP contribution in [0.1, 0.15) is 18.1 Å². The van der Waals surface area contributed by atoms with Gasteiger partial charge in [-0.15, -0.1) is 11.3 Å². The number of nitrogens with one attached hydrogen (secondary N) is 1. The van der Waals surface area contributed by atoms with Crippen LogP contribution in [0.15, 0.2) is 72.1 Å². The molecule has 0 fully saturated rings. The van der Waals surface area contributed by atoms with Crippen molar-refractivity contribution >= 4 is 40.1 Å². The molecule has 3 rings (SSSR count). The standard InChI is InChI=1S/C25H25NO4S2/c1-17(27)32-16-21(14-18-6-3-2-4-7-18)24(28)26-22(25(29)30)15-19-9-11-20(12-10-19)23-8-5-13-31-23/h2-13,21-22H,14-16H2,1H3,(H,26,28)(H,29,30)/t21?,22-/m0/s1. The summed E-state index contributed by atoms with van der Waals surface area (Å²) >= 11 is 2.72. The molecular formula is C25H25NO4S2. The van der Waals surface area contributed by atoms with Crippen LogP contribution in [-0.2, 0) is 27.2 Å². The highest BCUT2D eigenvalue weighted by Gasteiger charge is 2.26. The third-order valence-electron chi connectivity index (χ3n) is 5.00. The molecule has 0 spiro atoms. The molecular weight excluding hydrogens is 442 g/mol. The van der Waals surface area contributed by atoms with Gasteiger partial charge in [-0.1, -0.05) is 72.4 Å². The Morgan fingerprint density at radius 3 is 2.22 bits per heavy atom. The van der Waals surface area contributed by atoms with E-state index in [1.54, 1.807) is 11.3 Å². The molecule has 1 aromatic heterocycles. The van der Waals surface area contributed by atoms with Crippen LogP contribution in [0.4, 0.5) is 0 Å². The highest BCUT2D eigenvalue weighted by molar-refractivity contribution is 8.13. The predicted molar refractivity (Wildman–Crippen MR) is 130 cm³/mol. The van der Waals surface area contributed by atoms with Crippen molar-refractivity contribution in [2.75, 3.05) is 5.75 Å². The Labute approximate surface area is 195 Å². The summed E-state index contributed by atoms with van der Waals surface area (Å²) in [6, 6.07) is 20.2. The number of aliphatic carboxylic acids is 1. The predicted octanol–water partition coefficient (Wildman–Crippen LogP) is 4.67. The number of amides is 1. The van der Waals surface area contributed by atoms with E-state index in [0.717, 1.165) is 33.3 Å². The molecule has 5 nitrogen and oxygen atoms in total. The van der Waals surface area contributed by atoms with Gasteiger partial charge < -0.3 is 10.4 Å². The average Bonchev–Trinajstić information content (AvgIpc) is 3.32. The highest BCUT2D eigenvalue weighted by atomic mass is 32.2. The lowest BCUT2D eigenvalue weighted by Gasteiger charge is -2.20. The van der Waals surface area contributed by atoms with Crippen LogP contribution < -0.4 is 5.32 Å². The Hall–Kier alpha value is -2.90. The molecule has 2 atom stereocenters. The van der Waals surface area contributed by atoms with Gasteiger partial charge in [0.2, 0.25) is 5.91 Å². The molecule has 3 aromatic rings. The van der Waals surface area contributed by atoms with Gasteiger partial charge in [-0.25, -0.2) is 4.79 Å². The molecule has 0 aliphatic rings. The Bertz CT molecular complexity index is 1030. The minimum absolute atomic E-state index is 0.0727. The van der Waals surface area contributed by atoms with Gasteiger partial charge in [-0.3, -0.25) is 9.59 Å². The summed E-state index contributed by atoms with van der Waals surface area (Å²) in [7, 11) is 0. The molecule has 1 unspecified atom stereocenters. The maximum absolute atomic E-state index is 13.0. The van der Waals surface area contributed by atoms with Crippen molar-refractivity contribution in [3.8, 4) is 10.4 Å². The number of carboxylic acids is 1. The van der Waals surface area contributed by atoms with Crippen molar-refractivity contribution in [2.45, 2.75) is 25.8 Å². The van der Waals surface area contributed by atoms with E-state index in [1.165, 1.54) is 6.92 Å². The Morgan fingerprint density at radius 2 is 1.62 bits per heavy atom. The van der Waals surface area contributed by atoms with Crippen LogP contribution >= 0.6 is 23.1 Å². The number of carbonyl (C=O) groups excluding carboxylic acids is 2. The lowest BCUT2D eigenvalue weighted by molar-refractivity contribution is -0.142. The first-order valence-electron chi connectivity index (χ1n) is 10.3. The number of rotatable bonds is 10. The van der Waals surface area contributed by atoms with Crippen LogP contribution in [-0.4, -0.2) is 33.9 Å². The van der Waals surface area contributed by atoms with Crippen LogP contribution in [0.25, 0.3) is 10.4 Å². The first-order valence-corrected chi connectivity index (χ1v) is 12.1. The summed E-state index contributed by atoms with van der Waals surface area (Å²) in [4.78, 5) is 37.4. The number of thiophene rings is 1. The summed E-state index contributed by atoms with van der Waals surface area (Å²) in [5.74, 6) is -1.64. The molecule has 2 N–H and O–H groups in total. The zero-order valence-corrected chi connectivity index (χ0v) is 19.3. The molecule has 7 heteroatoms. The second-order valence-corrected chi connectivity index (χ2v) is 9.61. The smallest absolute Gasteiger partial charge is 0.326 e. The normalized spacial score (nSPS) is 12.7. The van der Waals surface area contributed by atoms with Crippen molar-refractivity contribution in [3.63, 3.8) is 0 Å². The number of carbonyl (C=O) groups is 3. The Kier molecular flexibility index (Phi) is 8.64. The van der Waals surface area contributed by atoms with Crippen LogP contribution in [0.5, 0.6) is 0 Å². The number of hydrogen-bond acceptors (Lipinski definition) is 5. The third kappa shape index (κ3) is 7.07. The largest absolute Gasteiger partial charge is 0.480 e. The van der Waals surface area contributed by atoms with E-state index in [9.17, 15) is 19.5 Å². The van der Waals surface area contributed by atoms with E-state index in [2.05, 4.69) is 5.32 Å². The minimum Gasteiger partial charge on any atom is -0.480 e. The molecule has 2 aromatic carbocycles. The molecule has 0 saturated heterocycles. The van der Waals surface area contributed by atoms with E-state index in [1.807, 2.05) is 72.1 Å². The SMILES string of the molecule is CC(=O)SCC(Cc1ccccc1)C(=O)N[C@@H](Cc1ccc(-c2cccs2)cc1)C(=O)O. The van der Waals surface area contributed by atoms with Gasteiger partial charge in [0.1, 0.15) is 6.04 Å². The molecule has 1 heterocycles. The topological polar surface area (TPSA) is 83.5 Å². The van der Waals surface area contributed by atoms with Gasteiger partial charge in [0, 0.05) is 24.0 Å². The molecule has 166 valence electrons. The van der Waals surface area contributed by atoms with Gasteiger partial charge in [0.25, 0.3) is 0 Å². The molecule has 0 aliphatic carbocycles. The first-order chi connectivity index (χ1) is 15.4. The van der Waals surface area contributed by atoms with Gasteiger partial charge in [0.05, 0.1) is 5.92 Å². The van der Waals surface area contributed by atoms with E-state index >= 15 is 0 Å². The fourth-order valence-corrected chi connectivity index (χ4v) is 4.76. The fourth-order valence-electron chi connectivity index (χ4n) is 3.32. The second-order valence-electron chi connectivity index (χ2n) is 7.47. The first kappa shape index (κ1) is 23.8. The molecule has 0 saturated carbocycles. The molecule has 32 heavy (non-hydrogen) atoms. The zero-order chi connectivity index (χ0) is 22.9. The zero-order valence-electron chi connectivity index (χ0n) is 17.7. The fraction of sp³-hybridized carbons (Fsp3) is 0.240. The van der Waals surface area contributed by atoms with Crippen LogP contribution in [0.2, 0.25) is 0 Å². The third-order valence-corrected chi connectivity index (χ3v) is 6.89. The van der Waals surface area contributed by atoms with Crippen molar-refractivity contribution in [3.05, 3.63) is 83.2 Å². The summed E-state index contributed by atoms with van der Waals surface area (Å²) in [6.45, 7) is 1.46. The quantitative estimate of drug-likeness (QED) is 0.453. The average molecular weight is 468 g/mol. The maximum atomic E-state index is 13.0. The second kappa shape index (κ2) is 11.6. The number of carboxylic acid groups (broad SMARTS) is 1. The van der Waals surface area contributed by atoms with Crippen LogP contribution in [0.3, 0.4) is 0 Å². The molecule has 0 aliphatic heterocycles. The van der Waals surface area contributed by atoms with Crippen molar-refractivity contribution in [1.29, 1.82) is 0 Å². The van der Waals surface area contributed by atoms with E-state index in [-0.39, 0.29) is 17.4 Å². The Morgan fingerprint density at radius 1 is 0.938 bits per heavy atom. The summed E-state index contributed by atoms with van der Waals surface area (Å²) in [6.07, 6.45) is 0.624. The monoisotopic (exact) mass is 467 g/mol. The van der Waals surface area contributed by atoms with E-state index in [4.69, 9.17) is 0 Å². The van der Waals surface area contributed by atoms with Gasteiger partial charge in [-0.2, -0.15) is 0 Å². The van der Waals surface area contributed by atoms with Gasteiger partial charge in [0.15, 0.2) is 5.12 Å². The highest BCUT2D eigenvalue weighted by Crippen LogP contribution is 2.25. The van der Waals surface area contributed by atoms with Gasteiger partial charge >= 0.3 is 5.97 Å².